The molecule has 1 aromatic carbocycles. The number of carbonyl (C=O) groups is 2. The average molecular weight is 369 g/mol. The van der Waals surface area contributed by atoms with Crippen molar-refractivity contribution in [2.24, 2.45) is 0 Å². The number of aryl methyl sites for hydroxylation is 1. The summed E-state index contributed by atoms with van der Waals surface area (Å²) >= 11 is 0. The minimum absolute atomic E-state index is 0.247. The monoisotopic (exact) mass is 369 g/mol. The van der Waals surface area contributed by atoms with Crippen molar-refractivity contribution >= 4 is 11.8 Å². The molecule has 1 N–H and O–H groups in total. The molecule has 1 aliphatic rings. The van der Waals surface area contributed by atoms with Gasteiger partial charge in [0, 0.05) is 12.1 Å². The highest BCUT2D eigenvalue weighted by Crippen LogP contribution is 2.29. The molecule has 0 bridgehead atoms. The third-order valence-corrected chi connectivity index (χ3v) is 4.69. The summed E-state index contributed by atoms with van der Waals surface area (Å²) < 4.78 is 12.2. The number of esters is 1. The van der Waals surface area contributed by atoms with Crippen LogP contribution in [0.25, 0.3) is 0 Å². The van der Waals surface area contributed by atoms with E-state index in [9.17, 15) is 14.7 Å². The first-order valence-corrected chi connectivity index (χ1v) is 8.99. The minimum atomic E-state index is -0.462. The molecule has 0 unspecified atom stereocenters. The number of fused-ring (bicyclic) bond motifs is 1. The van der Waals surface area contributed by atoms with E-state index in [0.717, 1.165) is 23.8 Å². The fourth-order valence-electron chi connectivity index (χ4n) is 3.41. The highest BCUT2D eigenvalue weighted by atomic mass is 16.5. The SMILES string of the molecule is CCOC(=O)c1cc2c(n1Cc1cccc(OC)c1)C(=O)C(=CO)CCC2. The number of carbonyl (C=O) groups excluding carboxylic acids is 2. The fraction of sp³-hybridized carbons (Fsp3) is 0.333. The largest absolute Gasteiger partial charge is 0.515 e. The number of allylic oxidation sites excluding steroid dienone is 1. The maximum absolute atomic E-state index is 13.0. The number of rotatable bonds is 5. The number of nitrogens with zero attached hydrogens (tertiary/aromatic N) is 1. The lowest BCUT2D eigenvalue weighted by atomic mass is 10.1. The highest BCUT2D eigenvalue weighted by Gasteiger charge is 2.29. The maximum atomic E-state index is 13.0. The van der Waals surface area contributed by atoms with Gasteiger partial charge in [0.2, 0.25) is 5.78 Å². The van der Waals surface area contributed by atoms with Gasteiger partial charge in [-0.1, -0.05) is 12.1 Å². The Morgan fingerprint density at radius 2 is 2.11 bits per heavy atom. The number of ether oxygens (including phenoxy) is 2. The Balaban J connectivity index is 2.12. The predicted octanol–water partition coefficient (Wildman–Crippen LogP) is 3.68. The third-order valence-electron chi connectivity index (χ3n) is 4.69. The topological polar surface area (TPSA) is 77.8 Å². The molecular weight excluding hydrogens is 346 g/mol. The number of Topliss-reactive ketones (excluding diaryl/α,β-unsaturated/α-hetero) is 1. The molecule has 0 saturated carbocycles. The van der Waals surface area contributed by atoms with Gasteiger partial charge in [0.05, 0.1) is 25.7 Å². The Labute approximate surface area is 158 Å². The van der Waals surface area contributed by atoms with Gasteiger partial charge in [-0.15, -0.1) is 0 Å². The molecule has 1 aromatic heterocycles. The Bertz CT molecular complexity index is 894. The van der Waals surface area contributed by atoms with E-state index in [-0.39, 0.29) is 12.4 Å². The summed E-state index contributed by atoms with van der Waals surface area (Å²) in [6.07, 6.45) is 2.79. The Hall–Kier alpha value is -3.02. The van der Waals surface area contributed by atoms with E-state index in [4.69, 9.17) is 9.47 Å². The molecule has 1 aliphatic carbocycles. The molecule has 142 valence electrons. The number of hydrogen-bond acceptors (Lipinski definition) is 5. The van der Waals surface area contributed by atoms with Crippen molar-refractivity contribution < 1.29 is 24.2 Å². The van der Waals surface area contributed by atoms with Crippen LogP contribution in [0.1, 0.15) is 51.9 Å². The second-order valence-corrected chi connectivity index (χ2v) is 6.40. The molecule has 1 heterocycles. The lowest BCUT2D eigenvalue weighted by molar-refractivity contribution is 0.0514. The predicted molar refractivity (Wildman–Crippen MR) is 100 cm³/mol. The smallest absolute Gasteiger partial charge is 0.354 e. The Morgan fingerprint density at radius 3 is 2.81 bits per heavy atom. The number of hydrogen-bond donors (Lipinski definition) is 1. The van der Waals surface area contributed by atoms with Crippen LogP contribution in [0.2, 0.25) is 0 Å². The van der Waals surface area contributed by atoms with Crippen molar-refractivity contribution in [1.29, 1.82) is 0 Å². The summed E-state index contributed by atoms with van der Waals surface area (Å²) in [5.74, 6) is -0.00931. The van der Waals surface area contributed by atoms with E-state index < -0.39 is 5.97 Å². The molecule has 3 rings (SSSR count). The van der Waals surface area contributed by atoms with Gasteiger partial charge in [-0.05, 0) is 55.5 Å². The van der Waals surface area contributed by atoms with Crippen LogP contribution in [0.5, 0.6) is 5.75 Å². The van der Waals surface area contributed by atoms with E-state index in [0.29, 0.717) is 42.1 Å². The van der Waals surface area contributed by atoms with Gasteiger partial charge in [-0.3, -0.25) is 4.79 Å². The zero-order valence-electron chi connectivity index (χ0n) is 15.5. The zero-order valence-corrected chi connectivity index (χ0v) is 15.5. The van der Waals surface area contributed by atoms with E-state index in [1.807, 2.05) is 24.3 Å². The summed E-state index contributed by atoms with van der Waals surface area (Å²) in [7, 11) is 1.59. The number of aliphatic hydroxyl groups is 1. The molecule has 0 atom stereocenters. The minimum Gasteiger partial charge on any atom is -0.515 e. The van der Waals surface area contributed by atoms with Crippen molar-refractivity contribution in [2.45, 2.75) is 32.7 Å². The first kappa shape index (κ1) is 18.8. The van der Waals surface area contributed by atoms with Gasteiger partial charge in [0.1, 0.15) is 11.4 Å². The fourth-order valence-corrected chi connectivity index (χ4v) is 3.41. The molecular formula is C21H23NO5. The number of methoxy groups -OCH3 is 1. The number of benzene rings is 1. The summed E-state index contributed by atoms with van der Waals surface area (Å²) in [6, 6.07) is 9.22. The zero-order chi connectivity index (χ0) is 19.4. The standard InChI is InChI=1S/C21H23NO5/c1-3-27-21(25)18-11-15-7-5-8-16(13-23)20(24)19(15)22(18)12-14-6-4-9-17(10-14)26-2/h4,6,9-11,13,23H,3,5,7-8,12H2,1-2H3. The van der Waals surface area contributed by atoms with Crippen LogP contribution in [-0.2, 0) is 17.7 Å². The highest BCUT2D eigenvalue weighted by molar-refractivity contribution is 6.10. The van der Waals surface area contributed by atoms with E-state index >= 15 is 0 Å². The molecule has 0 saturated heterocycles. The Kier molecular flexibility index (Phi) is 5.64. The van der Waals surface area contributed by atoms with Crippen LogP contribution < -0.4 is 4.74 Å². The molecule has 27 heavy (non-hydrogen) atoms. The number of ketones is 1. The van der Waals surface area contributed by atoms with Gasteiger partial charge in [-0.25, -0.2) is 4.79 Å². The molecule has 6 heteroatoms. The van der Waals surface area contributed by atoms with Crippen molar-refractivity contribution in [1.82, 2.24) is 4.57 Å². The van der Waals surface area contributed by atoms with Crippen molar-refractivity contribution in [3.63, 3.8) is 0 Å². The summed E-state index contributed by atoms with van der Waals surface area (Å²) in [6.45, 7) is 2.32. The van der Waals surface area contributed by atoms with Gasteiger partial charge in [0.25, 0.3) is 0 Å². The average Bonchev–Trinajstić information content (AvgIpc) is 2.94. The molecule has 2 aromatic rings. The molecule has 0 radical (unpaired) electrons. The molecule has 6 nitrogen and oxygen atoms in total. The molecule has 0 fully saturated rings. The van der Waals surface area contributed by atoms with Crippen molar-refractivity contribution in [3.05, 3.63) is 64.7 Å². The van der Waals surface area contributed by atoms with Crippen LogP contribution in [0, 0.1) is 0 Å². The van der Waals surface area contributed by atoms with E-state index in [1.54, 1.807) is 24.7 Å². The summed E-state index contributed by atoms with van der Waals surface area (Å²) in [5.41, 5.74) is 2.85. The number of aliphatic hydroxyl groups excluding tert-OH is 1. The lowest BCUT2D eigenvalue weighted by Gasteiger charge is -2.14. The van der Waals surface area contributed by atoms with Gasteiger partial charge in [0.15, 0.2) is 0 Å². The second-order valence-electron chi connectivity index (χ2n) is 6.40. The normalized spacial score (nSPS) is 15.3. The number of aromatic nitrogens is 1. The van der Waals surface area contributed by atoms with Gasteiger partial charge < -0.3 is 19.1 Å². The summed E-state index contributed by atoms with van der Waals surface area (Å²) in [4.78, 5) is 25.5. The van der Waals surface area contributed by atoms with E-state index in [1.165, 1.54) is 0 Å². The quantitative estimate of drug-likeness (QED) is 0.376. The molecule has 0 amide bonds. The maximum Gasteiger partial charge on any atom is 0.354 e. The van der Waals surface area contributed by atoms with E-state index in [2.05, 4.69) is 0 Å². The van der Waals surface area contributed by atoms with Crippen LogP contribution in [0.15, 0.2) is 42.2 Å². The lowest BCUT2D eigenvalue weighted by Crippen LogP contribution is -2.18. The van der Waals surface area contributed by atoms with Crippen LogP contribution >= 0.6 is 0 Å². The molecule has 0 spiro atoms. The van der Waals surface area contributed by atoms with Gasteiger partial charge in [-0.2, -0.15) is 0 Å². The first-order chi connectivity index (χ1) is 13.1. The van der Waals surface area contributed by atoms with Gasteiger partial charge >= 0.3 is 5.97 Å². The first-order valence-electron chi connectivity index (χ1n) is 8.99. The van der Waals surface area contributed by atoms with Crippen molar-refractivity contribution in [3.8, 4) is 5.75 Å². The van der Waals surface area contributed by atoms with Crippen molar-refractivity contribution in [2.75, 3.05) is 13.7 Å². The third kappa shape index (κ3) is 3.74. The second kappa shape index (κ2) is 8.12. The van der Waals surface area contributed by atoms with Crippen LogP contribution in [0.3, 0.4) is 0 Å². The van der Waals surface area contributed by atoms with Crippen LogP contribution in [0.4, 0.5) is 0 Å². The summed E-state index contributed by atoms with van der Waals surface area (Å²) in [5, 5.41) is 9.46. The Morgan fingerprint density at radius 1 is 1.30 bits per heavy atom. The molecule has 0 aliphatic heterocycles. The van der Waals surface area contributed by atoms with Crippen LogP contribution in [-0.4, -0.2) is 35.1 Å².